The van der Waals surface area contributed by atoms with Crippen molar-refractivity contribution in [2.24, 2.45) is 0 Å². The second-order valence-electron chi connectivity index (χ2n) is 9.97. The molecule has 0 spiro atoms. The first-order valence-corrected chi connectivity index (χ1v) is 13.2. The van der Waals surface area contributed by atoms with E-state index in [4.69, 9.17) is 14.2 Å². The van der Waals surface area contributed by atoms with Gasteiger partial charge in [0.05, 0.1) is 36.1 Å². The van der Waals surface area contributed by atoms with Crippen LogP contribution in [0.3, 0.4) is 0 Å². The van der Waals surface area contributed by atoms with Gasteiger partial charge in [-0.1, -0.05) is 12.1 Å². The number of anilines is 2. The molecule has 1 fully saturated rings. The molecule has 11 nitrogen and oxygen atoms in total. The fourth-order valence-corrected chi connectivity index (χ4v) is 4.96. The van der Waals surface area contributed by atoms with Crippen molar-refractivity contribution in [3.05, 3.63) is 64.6 Å². The molecule has 2 aliphatic heterocycles. The van der Waals surface area contributed by atoms with E-state index in [1.165, 1.54) is 25.2 Å². The molecule has 0 aliphatic carbocycles. The molecule has 2 aromatic carbocycles. The molecule has 15 heteroatoms. The topological polar surface area (TPSA) is 127 Å². The molecule has 0 radical (unpaired) electrons. The van der Waals surface area contributed by atoms with E-state index in [2.05, 4.69) is 25.9 Å². The molecule has 3 aromatic rings. The van der Waals surface area contributed by atoms with Gasteiger partial charge in [0.25, 0.3) is 11.8 Å². The van der Waals surface area contributed by atoms with Crippen molar-refractivity contribution >= 4 is 23.5 Å². The minimum absolute atomic E-state index is 0.000585. The minimum Gasteiger partial charge on any atom is -0.495 e. The fraction of sp³-hybridized carbons (Fsp3) is 0.357. The molecule has 2 atom stereocenters. The van der Waals surface area contributed by atoms with E-state index in [9.17, 15) is 22.8 Å². The van der Waals surface area contributed by atoms with E-state index >= 15 is 4.39 Å². The van der Waals surface area contributed by atoms with E-state index in [-0.39, 0.29) is 53.0 Å². The van der Waals surface area contributed by atoms with Gasteiger partial charge in [-0.05, 0) is 30.7 Å². The van der Waals surface area contributed by atoms with Crippen molar-refractivity contribution in [2.45, 2.75) is 31.3 Å². The lowest BCUT2D eigenvalue weighted by atomic mass is 10.0. The highest BCUT2D eigenvalue weighted by atomic mass is 19.4. The summed E-state index contributed by atoms with van der Waals surface area (Å²) in [6, 6.07) is 6.36. The second kappa shape index (κ2) is 12.0. The van der Waals surface area contributed by atoms with Crippen LogP contribution in [0.25, 0.3) is 0 Å². The average molecular weight is 605 g/mol. The van der Waals surface area contributed by atoms with Gasteiger partial charge in [-0.3, -0.25) is 9.59 Å². The maximum atomic E-state index is 15.2. The Morgan fingerprint density at radius 2 is 1.98 bits per heavy atom. The average Bonchev–Trinajstić information content (AvgIpc) is 3.26. The smallest absolute Gasteiger partial charge is 0.423 e. The first-order valence-electron chi connectivity index (χ1n) is 13.2. The van der Waals surface area contributed by atoms with Gasteiger partial charge in [-0.15, -0.1) is 0 Å². The first-order chi connectivity index (χ1) is 20.5. The number of ether oxygens (including phenoxy) is 3. The summed E-state index contributed by atoms with van der Waals surface area (Å²) in [6.45, 7) is 1.45. The summed E-state index contributed by atoms with van der Waals surface area (Å²) in [6.07, 6.45) is -4.10. The summed E-state index contributed by atoms with van der Waals surface area (Å²) in [5.41, 5.74) is -0.928. The number of aromatic nitrogens is 2. The van der Waals surface area contributed by atoms with Gasteiger partial charge in [-0.2, -0.15) is 18.2 Å². The van der Waals surface area contributed by atoms with Crippen molar-refractivity contribution in [1.82, 2.24) is 25.5 Å². The number of carbonyl (C=O) groups excluding carboxylic acids is 2. The maximum absolute atomic E-state index is 15.2. The van der Waals surface area contributed by atoms with Crippen LogP contribution >= 0.6 is 0 Å². The zero-order chi connectivity index (χ0) is 30.9. The van der Waals surface area contributed by atoms with Gasteiger partial charge in [-0.25, -0.2) is 9.37 Å². The Labute approximate surface area is 243 Å². The molecule has 1 saturated heterocycles. The number of nitrogens with one attached hydrogen (secondary N) is 3. The number of amides is 2. The highest BCUT2D eigenvalue weighted by Crippen LogP contribution is 2.40. The Hall–Kier alpha value is -4.50. The third kappa shape index (κ3) is 6.17. The van der Waals surface area contributed by atoms with Gasteiger partial charge in [0.15, 0.2) is 0 Å². The Kier molecular flexibility index (Phi) is 8.37. The monoisotopic (exact) mass is 604 g/mol. The van der Waals surface area contributed by atoms with Crippen LogP contribution in [0.1, 0.15) is 38.3 Å². The van der Waals surface area contributed by atoms with Crippen LogP contribution in [0.2, 0.25) is 0 Å². The van der Waals surface area contributed by atoms with E-state index < -0.39 is 35.3 Å². The lowest BCUT2D eigenvalue weighted by Gasteiger charge is -2.31. The number of benzene rings is 2. The van der Waals surface area contributed by atoms with Gasteiger partial charge in [0.2, 0.25) is 11.8 Å². The molecular formula is C28H28F4N6O5. The standard InChI is InChI=1S/C28H28F4N6O5/c1-38-13-14-5-4-6-20(23(14)26(38)40)43-25-16(28(30,31)32)11-34-27(37-25)36-19-10-17(29)15(9-21(19)41-2)24(39)35-18-7-8-33-12-22(18)42-3/h4-6,9-11,18,22,33H,7-8,12-13H2,1-3H3,(H,35,39)(H,34,36,37)/t18-,22+/m1/s1. The lowest BCUT2D eigenvalue weighted by molar-refractivity contribution is -0.139. The highest BCUT2D eigenvalue weighted by molar-refractivity contribution is 6.01. The number of hydrogen-bond donors (Lipinski definition) is 3. The number of nitrogens with zero attached hydrogens (tertiary/aromatic N) is 3. The fourth-order valence-electron chi connectivity index (χ4n) is 4.96. The number of fused-ring (bicyclic) bond motifs is 1. The van der Waals surface area contributed by atoms with E-state index in [1.807, 2.05) is 0 Å². The summed E-state index contributed by atoms with van der Waals surface area (Å²) in [7, 11) is 4.36. The Bertz CT molecular complexity index is 1550. The predicted octanol–water partition coefficient (Wildman–Crippen LogP) is 3.87. The molecule has 0 bridgehead atoms. The molecule has 2 amide bonds. The molecule has 0 saturated carbocycles. The van der Waals surface area contributed by atoms with E-state index in [1.54, 1.807) is 19.2 Å². The summed E-state index contributed by atoms with van der Waals surface area (Å²) >= 11 is 0. The molecule has 1 aromatic heterocycles. The second-order valence-corrected chi connectivity index (χ2v) is 9.97. The van der Waals surface area contributed by atoms with Crippen molar-refractivity contribution in [3.63, 3.8) is 0 Å². The zero-order valence-corrected chi connectivity index (χ0v) is 23.3. The SMILES string of the molecule is COc1cc(C(=O)N[C@@H]2CCNC[C@@H]2OC)c(F)cc1Nc1ncc(C(F)(F)F)c(Oc2cccc3c2C(=O)N(C)C3)n1. The van der Waals surface area contributed by atoms with Crippen molar-refractivity contribution in [1.29, 1.82) is 0 Å². The summed E-state index contributed by atoms with van der Waals surface area (Å²) in [4.78, 5) is 34.6. The molecular weight excluding hydrogens is 576 g/mol. The Morgan fingerprint density at radius 1 is 1.19 bits per heavy atom. The number of piperidine rings is 1. The molecule has 0 unspecified atom stereocenters. The van der Waals surface area contributed by atoms with Crippen LogP contribution in [0.15, 0.2) is 36.5 Å². The number of alkyl halides is 3. The Balaban J connectivity index is 1.43. The molecule has 228 valence electrons. The van der Waals surface area contributed by atoms with E-state index in [0.717, 1.165) is 12.1 Å². The van der Waals surface area contributed by atoms with Crippen molar-refractivity contribution < 1.29 is 41.4 Å². The number of halogens is 4. The number of rotatable bonds is 8. The third-order valence-electron chi connectivity index (χ3n) is 7.17. The number of methoxy groups -OCH3 is 2. The zero-order valence-electron chi connectivity index (χ0n) is 23.3. The Morgan fingerprint density at radius 3 is 2.70 bits per heavy atom. The molecule has 43 heavy (non-hydrogen) atoms. The van der Waals surface area contributed by atoms with Crippen LogP contribution in [-0.2, 0) is 17.5 Å². The highest BCUT2D eigenvalue weighted by Gasteiger charge is 2.38. The predicted molar refractivity (Wildman–Crippen MR) is 145 cm³/mol. The van der Waals surface area contributed by atoms with Crippen molar-refractivity contribution in [3.8, 4) is 17.4 Å². The lowest BCUT2D eigenvalue weighted by Crippen LogP contribution is -2.53. The normalized spacial score (nSPS) is 18.3. The molecule has 3 N–H and O–H groups in total. The largest absolute Gasteiger partial charge is 0.495 e. The quantitative estimate of drug-likeness (QED) is 0.329. The van der Waals surface area contributed by atoms with Gasteiger partial charge < -0.3 is 35.1 Å². The van der Waals surface area contributed by atoms with Gasteiger partial charge in [0, 0.05) is 39.5 Å². The summed E-state index contributed by atoms with van der Waals surface area (Å²) in [5.74, 6) is -3.37. The molecule has 3 heterocycles. The molecule has 2 aliphatic rings. The van der Waals surface area contributed by atoms with Crippen LogP contribution in [0, 0.1) is 5.82 Å². The first kappa shape index (κ1) is 30.0. The summed E-state index contributed by atoms with van der Waals surface area (Å²) in [5, 5.41) is 8.56. The van der Waals surface area contributed by atoms with E-state index in [0.29, 0.717) is 31.3 Å². The van der Waals surface area contributed by atoms with Crippen LogP contribution in [0.5, 0.6) is 17.4 Å². The number of hydrogen-bond acceptors (Lipinski definition) is 9. The van der Waals surface area contributed by atoms with Crippen LogP contribution in [-0.4, -0.2) is 73.2 Å². The van der Waals surface area contributed by atoms with Gasteiger partial charge >= 0.3 is 6.18 Å². The summed E-state index contributed by atoms with van der Waals surface area (Å²) < 4.78 is 73.0. The van der Waals surface area contributed by atoms with Crippen LogP contribution < -0.4 is 25.4 Å². The third-order valence-corrected chi connectivity index (χ3v) is 7.17. The molecule has 5 rings (SSSR count). The van der Waals surface area contributed by atoms with Crippen LogP contribution in [0.4, 0.5) is 29.2 Å². The van der Waals surface area contributed by atoms with Crippen molar-refractivity contribution in [2.75, 3.05) is 39.7 Å². The minimum atomic E-state index is -4.89. The van der Waals surface area contributed by atoms with Gasteiger partial charge in [0.1, 0.15) is 22.9 Å². The maximum Gasteiger partial charge on any atom is 0.423 e. The number of carbonyl (C=O) groups is 2.